The third-order valence-corrected chi connectivity index (χ3v) is 2.24. The minimum atomic E-state index is -0.124. The van der Waals surface area contributed by atoms with Crippen LogP contribution in [0.4, 0.5) is 0 Å². The van der Waals surface area contributed by atoms with Crippen molar-refractivity contribution >= 4 is 0 Å². The van der Waals surface area contributed by atoms with Gasteiger partial charge in [0.1, 0.15) is 6.10 Å². The Morgan fingerprint density at radius 2 is 2.19 bits per heavy atom. The van der Waals surface area contributed by atoms with Crippen molar-refractivity contribution < 1.29 is 14.0 Å². The van der Waals surface area contributed by atoms with E-state index in [2.05, 4.69) is 10.1 Å². The topological polar surface area (TPSA) is 83.4 Å². The summed E-state index contributed by atoms with van der Waals surface area (Å²) in [6, 6.07) is -0.124. The van der Waals surface area contributed by atoms with Crippen LogP contribution < -0.4 is 5.73 Å². The van der Waals surface area contributed by atoms with Gasteiger partial charge in [-0.1, -0.05) is 12.1 Å². The van der Waals surface area contributed by atoms with Crippen molar-refractivity contribution in [1.29, 1.82) is 0 Å². The molecule has 1 rings (SSSR count). The molecule has 0 bridgehead atoms. The van der Waals surface area contributed by atoms with Crippen LogP contribution in [-0.2, 0) is 15.9 Å². The summed E-state index contributed by atoms with van der Waals surface area (Å²) in [5.74, 6) is 1.10. The predicted octanol–water partition coefficient (Wildman–Crippen LogP) is 0.683. The van der Waals surface area contributed by atoms with Gasteiger partial charge in [-0.3, -0.25) is 0 Å². The standard InChI is InChI=1S/C10H19N3O3/c1-4-8(15-3)10-12-9(16-13-10)5-7(11)6-14-2/h7-8H,4-6,11H2,1-3H3. The smallest absolute Gasteiger partial charge is 0.228 e. The molecule has 1 aromatic heterocycles. The van der Waals surface area contributed by atoms with Crippen LogP contribution in [0.5, 0.6) is 0 Å². The quantitative estimate of drug-likeness (QED) is 0.740. The minimum Gasteiger partial charge on any atom is -0.383 e. The largest absolute Gasteiger partial charge is 0.383 e. The average molecular weight is 229 g/mol. The van der Waals surface area contributed by atoms with E-state index in [0.29, 0.717) is 24.7 Å². The van der Waals surface area contributed by atoms with Gasteiger partial charge in [0.05, 0.1) is 6.61 Å². The fourth-order valence-electron chi connectivity index (χ4n) is 1.43. The van der Waals surface area contributed by atoms with Crippen molar-refractivity contribution in [2.45, 2.75) is 31.9 Å². The zero-order valence-electron chi connectivity index (χ0n) is 9.97. The number of hydrogen-bond donors (Lipinski definition) is 1. The highest BCUT2D eigenvalue weighted by atomic mass is 16.5. The SMILES string of the molecule is CCC(OC)c1noc(CC(N)COC)n1. The highest BCUT2D eigenvalue weighted by Gasteiger charge is 2.17. The Bertz CT molecular complexity index is 299. The maximum Gasteiger partial charge on any atom is 0.228 e. The molecule has 0 spiro atoms. The molecule has 2 N–H and O–H groups in total. The summed E-state index contributed by atoms with van der Waals surface area (Å²) in [4.78, 5) is 4.24. The number of nitrogens with zero attached hydrogens (tertiary/aromatic N) is 2. The van der Waals surface area contributed by atoms with Crippen molar-refractivity contribution in [2.24, 2.45) is 5.73 Å². The summed E-state index contributed by atoms with van der Waals surface area (Å²) < 4.78 is 15.2. The molecule has 6 heteroatoms. The number of rotatable bonds is 7. The lowest BCUT2D eigenvalue weighted by atomic mass is 10.2. The first kappa shape index (κ1) is 13.1. The monoisotopic (exact) mass is 229 g/mol. The Hall–Kier alpha value is -0.980. The Balaban J connectivity index is 2.57. The van der Waals surface area contributed by atoms with Crippen LogP contribution in [0.25, 0.3) is 0 Å². The van der Waals surface area contributed by atoms with Crippen molar-refractivity contribution in [3.8, 4) is 0 Å². The first-order chi connectivity index (χ1) is 7.71. The van der Waals surface area contributed by atoms with E-state index in [-0.39, 0.29) is 12.1 Å². The van der Waals surface area contributed by atoms with E-state index >= 15 is 0 Å². The average Bonchev–Trinajstić information content (AvgIpc) is 2.68. The van der Waals surface area contributed by atoms with Gasteiger partial charge in [-0.15, -0.1) is 0 Å². The van der Waals surface area contributed by atoms with Crippen LogP contribution in [0, 0.1) is 0 Å². The van der Waals surface area contributed by atoms with Crippen molar-refractivity contribution in [1.82, 2.24) is 10.1 Å². The molecule has 0 aliphatic rings. The summed E-state index contributed by atoms with van der Waals surface area (Å²) in [6.45, 7) is 2.47. The second kappa shape index (κ2) is 6.57. The van der Waals surface area contributed by atoms with E-state index in [9.17, 15) is 0 Å². The van der Waals surface area contributed by atoms with Crippen LogP contribution in [0.15, 0.2) is 4.52 Å². The summed E-state index contributed by atoms with van der Waals surface area (Å²) >= 11 is 0. The van der Waals surface area contributed by atoms with Crippen LogP contribution in [0.2, 0.25) is 0 Å². The van der Waals surface area contributed by atoms with E-state index in [1.54, 1.807) is 14.2 Å². The molecule has 0 aliphatic heterocycles. The molecule has 16 heavy (non-hydrogen) atoms. The third kappa shape index (κ3) is 3.55. The molecule has 1 aromatic rings. The van der Waals surface area contributed by atoms with Crippen LogP contribution >= 0.6 is 0 Å². The van der Waals surface area contributed by atoms with Gasteiger partial charge in [0.25, 0.3) is 0 Å². The van der Waals surface area contributed by atoms with Crippen molar-refractivity contribution in [2.75, 3.05) is 20.8 Å². The molecule has 2 unspecified atom stereocenters. The fraction of sp³-hybridized carbons (Fsp3) is 0.800. The molecule has 0 saturated carbocycles. The highest BCUT2D eigenvalue weighted by molar-refractivity contribution is 4.92. The summed E-state index contributed by atoms with van der Waals surface area (Å²) in [6.07, 6.45) is 1.21. The molecule has 0 fully saturated rings. The Labute approximate surface area is 95.1 Å². The molecule has 0 aromatic carbocycles. The van der Waals surface area contributed by atoms with Crippen molar-refractivity contribution in [3.05, 3.63) is 11.7 Å². The van der Waals surface area contributed by atoms with E-state index in [1.165, 1.54) is 0 Å². The summed E-state index contributed by atoms with van der Waals surface area (Å²) in [5, 5.41) is 3.86. The van der Waals surface area contributed by atoms with E-state index in [4.69, 9.17) is 19.7 Å². The van der Waals surface area contributed by atoms with Gasteiger partial charge in [-0.25, -0.2) is 0 Å². The first-order valence-corrected chi connectivity index (χ1v) is 5.31. The number of ether oxygens (including phenoxy) is 2. The maximum absolute atomic E-state index is 5.78. The number of hydrogen-bond acceptors (Lipinski definition) is 6. The van der Waals surface area contributed by atoms with Gasteiger partial charge < -0.3 is 19.7 Å². The van der Waals surface area contributed by atoms with Gasteiger partial charge in [0.15, 0.2) is 0 Å². The predicted molar refractivity (Wildman–Crippen MR) is 57.9 cm³/mol. The van der Waals surface area contributed by atoms with Gasteiger partial charge in [0, 0.05) is 26.7 Å². The Morgan fingerprint density at radius 1 is 1.44 bits per heavy atom. The molecule has 0 saturated heterocycles. The number of aromatic nitrogens is 2. The van der Waals surface area contributed by atoms with E-state index in [1.807, 2.05) is 6.92 Å². The molecule has 1 heterocycles. The van der Waals surface area contributed by atoms with Crippen LogP contribution in [-0.4, -0.2) is 37.0 Å². The molecular formula is C10H19N3O3. The number of nitrogens with two attached hydrogens (primary N) is 1. The van der Waals surface area contributed by atoms with Gasteiger partial charge >= 0.3 is 0 Å². The molecule has 6 nitrogen and oxygen atoms in total. The highest BCUT2D eigenvalue weighted by Crippen LogP contribution is 2.16. The molecule has 0 radical (unpaired) electrons. The molecule has 0 aliphatic carbocycles. The Kier molecular flexibility index (Phi) is 5.37. The fourth-order valence-corrected chi connectivity index (χ4v) is 1.43. The molecular weight excluding hydrogens is 210 g/mol. The molecule has 92 valence electrons. The normalized spacial score (nSPS) is 15.0. The lowest BCUT2D eigenvalue weighted by Gasteiger charge is -2.07. The van der Waals surface area contributed by atoms with E-state index in [0.717, 1.165) is 6.42 Å². The molecule has 2 atom stereocenters. The first-order valence-electron chi connectivity index (χ1n) is 5.31. The number of methoxy groups -OCH3 is 2. The maximum atomic E-state index is 5.78. The summed E-state index contributed by atoms with van der Waals surface area (Å²) in [5.41, 5.74) is 5.78. The lowest BCUT2D eigenvalue weighted by molar-refractivity contribution is 0.0903. The zero-order valence-corrected chi connectivity index (χ0v) is 9.97. The molecule has 0 amide bonds. The van der Waals surface area contributed by atoms with Crippen molar-refractivity contribution in [3.63, 3.8) is 0 Å². The second-order valence-corrected chi connectivity index (χ2v) is 3.60. The van der Waals surface area contributed by atoms with Gasteiger partial charge in [-0.2, -0.15) is 4.98 Å². The zero-order chi connectivity index (χ0) is 12.0. The third-order valence-electron chi connectivity index (χ3n) is 2.24. The Morgan fingerprint density at radius 3 is 2.75 bits per heavy atom. The second-order valence-electron chi connectivity index (χ2n) is 3.60. The van der Waals surface area contributed by atoms with Crippen LogP contribution in [0.1, 0.15) is 31.2 Å². The van der Waals surface area contributed by atoms with Crippen LogP contribution in [0.3, 0.4) is 0 Å². The summed E-state index contributed by atoms with van der Waals surface area (Å²) in [7, 11) is 3.23. The lowest BCUT2D eigenvalue weighted by Crippen LogP contribution is -2.28. The van der Waals surface area contributed by atoms with E-state index < -0.39 is 0 Å². The van der Waals surface area contributed by atoms with Gasteiger partial charge in [-0.05, 0) is 6.42 Å². The van der Waals surface area contributed by atoms with Gasteiger partial charge in [0.2, 0.25) is 11.7 Å². The minimum absolute atomic E-state index is 0.115.